The number of hydrogen-bond acceptors (Lipinski definition) is 4. The van der Waals surface area contributed by atoms with Gasteiger partial charge in [0.05, 0.1) is 11.3 Å². The predicted octanol–water partition coefficient (Wildman–Crippen LogP) is 2.83. The highest BCUT2D eigenvalue weighted by Gasteiger charge is 2.07. The molecule has 1 aromatic heterocycles. The van der Waals surface area contributed by atoms with Crippen LogP contribution < -0.4 is 5.73 Å². The second-order valence-corrected chi connectivity index (χ2v) is 4.31. The highest BCUT2D eigenvalue weighted by atomic mass is 32.2. The zero-order valence-corrected chi connectivity index (χ0v) is 9.54. The molecule has 5 heteroatoms. The Morgan fingerprint density at radius 2 is 1.94 bits per heavy atom. The number of aromatic nitrogens is 1. The van der Waals surface area contributed by atoms with Crippen molar-refractivity contribution in [3.05, 3.63) is 47.9 Å². The van der Waals surface area contributed by atoms with E-state index in [1.807, 2.05) is 6.07 Å². The maximum Gasteiger partial charge on any atom is 0.125 e. The fourth-order valence-electron chi connectivity index (χ4n) is 1.25. The Balaban J connectivity index is 2.31. The molecule has 0 saturated heterocycles. The number of rotatable bonds is 2. The molecule has 84 valence electrons. The first kappa shape index (κ1) is 11.4. The lowest BCUT2D eigenvalue weighted by atomic mass is 10.2. The van der Waals surface area contributed by atoms with Crippen LogP contribution in [-0.2, 0) is 0 Å². The van der Waals surface area contributed by atoms with Gasteiger partial charge in [0.15, 0.2) is 0 Å². The second-order valence-electron chi connectivity index (χ2n) is 3.25. The van der Waals surface area contributed by atoms with E-state index in [2.05, 4.69) is 4.98 Å². The number of anilines is 1. The molecule has 0 bridgehead atoms. The molecule has 2 rings (SSSR count). The van der Waals surface area contributed by atoms with E-state index in [4.69, 9.17) is 11.0 Å². The average molecular weight is 245 g/mol. The van der Waals surface area contributed by atoms with Crippen LogP contribution >= 0.6 is 11.8 Å². The van der Waals surface area contributed by atoms with Gasteiger partial charge in [-0.3, -0.25) is 0 Å². The normalized spacial score (nSPS) is 9.88. The highest BCUT2D eigenvalue weighted by molar-refractivity contribution is 7.99. The molecule has 0 fully saturated rings. The molecule has 0 atom stereocenters. The Morgan fingerprint density at radius 3 is 2.59 bits per heavy atom. The first-order valence-electron chi connectivity index (χ1n) is 4.78. The van der Waals surface area contributed by atoms with Gasteiger partial charge < -0.3 is 5.73 Å². The smallest absolute Gasteiger partial charge is 0.125 e. The van der Waals surface area contributed by atoms with Crippen molar-refractivity contribution in [2.24, 2.45) is 0 Å². The van der Waals surface area contributed by atoms with Gasteiger partial charge in [-0.05, 0) is 30.3 Å². The monoisotopic (exact) mass is 245 g/mol. The zero-order valence-electron chi connectivity index (χ0n) is 8.72. The van der Waals surface area contributed by atoms with Crippen molar-refractivity contribution in [2.75, 3.05) is 5.73 Å². The van der Waals surface area contributed by atoms with Crippen LogP contribution in [0.15, 0.2) is 46.5 Å². The number of hydrogen-bond donors (Lipinski definition) is 1. The minimum Gasteiger partial charge on any atom is -0.395 e. The summed E-state index contributed by atoms with van der Waals surface area (Å²) in [7, 11) is 0. The van der Waals surface area contributed by atoms with Crippen molar-refractivity contribution < 1.29 is 4.39 Å². The van der Waals surface area contributed by atoms with Gasteiger partial charge in [-0.1, -0.05) is 11.8 Å². The minimum absolute atomic E-state index is 0.291. The van der Waals surface area contributed by atoms with E-state index >= 15 is 0 Å². The summed E-state index contributed by atoms with van der Waals surface area (Å²) in [5.74, 6) is -0.291. The van der Waals surface area contributed by atoms with Gasteiger partial charge in [-0.15, -0.1) is 0 Å². The summed E-state index contributed by atoms with van der Waals surface area (Å²) in [6.07, 6.45) is 1.53. The Labute approximate surface area is 102 Å². The molecule has 1 aromatic carbocycles. The standard InChI is InChI=1S/C12H8FN3S/c13-9-1-3-10(4-2-9)17-12-11(15)8(7-14)5-6-16-12/h1-6H,15H2. The molecule has 0 saturated carbocycles. The number of pyridine rings is 1. The van der Waals surface area contributed by atoms with Gasteiger partial charge in [0.2, 0.25) is 0 Å². The van der Waals surface area contributed by atoms with Crippen molar-refractivity contribution in [1.82, 2.24) is 4.98 Å². The van der Waals surface area contributed by atoms with Crippen LogP contribution in [0.2, 0.25) is 0 Å². The first-order chi connectivity index (χ1) is 8.20. The summed E-state index contributed by atoms with van der Waals surface area (Å²) in [4.78, 5) is 4.92. The van der Waals surface area contributed by atoms with Crippen molar-refractivity contribution in [3.63, 3.8) is 0 Å². The van der Waals surface area contributed by atoms with Gasteiger partial charge in [0.25, 0.3) is 0 Å². The summed E-state index contributed by atoms with van der Waals surface area (Å²) < 4.78 is 12.7. The van der Waals surface area contributed by atoms with Gasteiger partial charge in [-0.25, -0.2) is 9.37 Å². The predicted molar refractivity (Wildman–Crippen MR) is 63.9 cm³/mol. The van der Waals surface area contributed by atoms with Gasteiger partial charge in [0.1, 0.15) is 16.9 Å². The molecule has 3 nitrogen and oxygen atoms in total. The molecule has 0 aliphatic heterocycles. The van der Waals surface area contributed by atoms with E-state index in [1.54, 1.807) is 18.2 Å². The fourth-order valence-corrected chi connectivity index (χ4v) is 2.08. The third-order valence-corrected chi connectivity index (χ3v) is 3.13. The third-order valence-electron chi connectivity index (χ3n) is 2.10. The molecule has 2 N–H and O–H groups in total. The lowest BCUT2D eigenvalue weighted by Gasteiger charge is -2.05. The van der Waals surface area contributed by atoms with Crippen molar-refractivity contribution >= 4 is 17.4 Å². The largest absolute Gasteiger partial charge is 0.395 e. The summed E-state index contributed by atoms with van der Waals surface area (Å²) >= 11 is 1.30. The zero-order chi connectivity index (χ0) is 12.3. The molecule has 0 aliphatic rings. The highest BCUT2D eigenvalue weighted by Crippen LogP contribution is 2.31. The van der Waals surface area contributed by atoms with E-state index in [-0.39, 0.29) is 5.82 Å². The molecule has 17 heavy (non-hydrogen) atoms. The maximum atomic E-state index is 12.7. The van der Waals surface area contributed by atoms with Crippen LogP contribution in [0.1, 0.15) is 5.56 Å². The van der Waals surface area contributed by atoms with Gasteiger partial charge >= 0.3 is 0 Å². The molecular formula is C12H8FN3S. The summed E-state index contributed by atoms with van der Waals surface area (Å²) in [6.45, 7) is 0. The summed E-state index contributed by atoms with van der Waals surface area (Å²) in [6, 6.07) is 9.57. The average Bonchev–Trinajstić information content (AvgIpc) is 2.35. The quantitative estimate of drug-likeness (QED) is 0.883. The third kappa shape index (κ3) is 2.55. The molecule has 0 unspecified atom stereocenters. The minimum atomic E-state index is -0.291. The first-order valence-corrected chi connectivity index (χ1v) is 5.60. The van der Waals surface area contributed by atoms with Crippen molar-refractivity contribution in [1.29, 1.82) is 5.26 Å². The summed E-state index contributed by atoms with van der Waals surface area (Å²) in [5, 5.41) is 9.38. The number of nitrogens with zero attached hydrogens (tertiary/aromatic N) is 2. The Kier molecular flexibility index (Phi) is 3.26. The second kappa shape index (κ2) is 4.85. The fraction of sp³-hybridized carbons (Fsp3) is 0. The molecule has 0 aliphatic carbocycles. The molecule has 2 aromatic rings. The van der Waals surface area contributed by atoms with Crippen LogP contribution in [0.25, 0.3) is 0 Å². The van der Waals surface area contributed by atoms with Crippen LogP contribution in [0.5, 0.6) is 0 Å². The van der Waals surface area contributed by atoms with E-state index in [1.165, 1.54) is 30.1 Å². The van der Waals surface area contributed by atoms with E-state index < -0.39 is 0 Å². The van der Waals surface area contributed by atoms with E-state index in [0.717, 1.165) is 4.90 Å². The summed E-state index contributed by atoms with van der Waals surface area (Å²) in [5.41, 5.74) is 6.54. The Bertz CT molecular complexity index is 575. The van der Waals surface area contributed by atoms with Crippen molar-refractivity contribution in [2.45, 2.75) is 9.92 Å². The molecular weight excluding hydrogens is 237 g/mol. The number of nitrogens with two attached hydrogens (primary N) is 1. The molecule has 0 radical (unpaired) electrons. The number of benzene rings is 1. The molecule has 0 amide bonds. The number of nitrogen functional groups attached to an aromatic ring is 1. The van der Waals surface area contributed by atoms with Crippen LogP contribution in [0, 0.1) is 17.1 Å². The number of halogens is 1. The SMILES string of the molecule is N#Cc1ccnc(Sc2ccc(F)cc2)c1N. The van der Waals surface area contributed by atoms with Crippen LogP contribution in [0.3, 0.4) is 0 Å². The maximum absolute atomic E-state index is 12.7. The van der Waals surface area contributed by atoms with E-state index in [0.29, 0.717) is 16.3 Å². The Hall–Kier alpha value is -2.06. The van der Waals surface area contributed by atoms with Gasteiger partial charge in [0, 0.05) is 11.1 Å². The Morgan fingerprint density at radius 1 is 1.24 bits per heavy atom. The lowest BCUT2D eigenvalue weighted by molar-refractivity contribution is 0.626. The van der Waals surface area contributed by atoms with Gasteiger partial charge in [-0.2, -0.15) is 5.26 Å². The lowest BCUT2D eigenvalue weighted by Crippen LogP contribution is -1.95. The van der Waals surface area contributed by atoms with E-state index in [9.17, 15) is 4.39 Å². The molecule has 1 heterocycles. The molecule has 0 spiro atoms. The van der Waals surface area contributed by atoms with Crippen molar-refractivity contribution in [3.8, 4) is 6.07 Å². The van der Waals surface area contributed by atoms with Crippen LogP contribution in [0.4, 0.5) is 10.1 Å². The number of nitriles is 1. The van der Waals surface area contributed by atoms with Crippen LogP contribution in [-0.4, -0.2) is 4.98 Å². The topological polar surface area (TPSA) is 62.7 Å².